The van der Waals surface area contributed by atoms with E-state index >= 15 is 0 Å². The third kappa shape index (κ3) is 1.74. The van der Waals surface area contributed by atoms with E-state index in [0.717, 1.165) is 4.52 Å². The SMILES string of the molecule is O=C(O)c1cnn(-c2ccc3[nH]c(=O)c4cnn2c34)c1C(F)(F)F. The first-order chi connectivity index (χ1) is 11.3. The zero-order chi connectivity index (χ0) is 17.2. The number of H-pyrrole nitrogens is 1. The zero-order valence-electron chi connectivity index (χ0n) is 11.5. The van der Waals surface area contributed by atoms with Crippen LogP contribution in [0.4, 0.5) is 13.2 Å². The molecule has 0 aliphatic carbocycles. The summed E-state index contributed by atoms with van der Waals surface area (Å²) in [7, 11) is 0. The highest BCUT2D eigenvalue weighted by atomic mass is 19.4. The molecule has 0 atom stereocenters. The lowest BCUT2D eigenvalue weighted by atomic mass is 10.2. The molecule has 0 amide bonds. The molecule has 0 radical (unpaired) electrons. The molecular formula is C13H6F3N5O3. The van der Waals surface area contributed by atoms with Gasteiger partial charge in [0.15, 0.2) is 11.5 Å². The first-order valence-corrected chi connectivity index (χ1v) is 6.50. The number of carbonyl (C=O) groups is 1. The maximum absolute atomic E-state index is 13.3. The average molecular weight is 337 g/mol. The van der Waals surface area contributed by atoms with Crippen molar-refractivity contribution in [3.05, 3.63) is 46.1 Å². The number of aromatic carboxylic acids is 1. The van der Waals surface area contributed by atoms with Crippen molar-refractivity contribution in [3.63, 3.8) is 0 Å². The fraction of sp³-hybridized carbons (Fsp3) is 0.0769. The molecule has 4 aromatic heterocycles. The van der Waals surface area contributed by atoms with Crippen molar-refractivity contribution in [2.24, 2.45) is 0 Å². The van der Waals surface area contributed by atoms with Crippen LogP contribution in [-0.4, -0.2) is 35.5 Å². The monoisotopic (exact) mass is 337 g/mol. The second-order valence-corrected chi connectivity index (χ2v) is 5.00. The van der Waals surface area contributed by atoms with Gasteiger partial charge in [-0.25, -0.2) is 14.0 Å². The maximum Gasteiger partial charge on any atom is 0.434 e. The number of alkyl halides is 3. The minimum atomic E-state index is -4.94. The normalized spacial score (nSPS) is 12.5. The summed E-state index contributed by atoms with van der Waals surface area (Å²) in [4.78, 5) is 25.3. The van der Waals surface area contributed by atoms with Crippen LogP contribution in [0.25, 0.3) is 22.2 Å². The molecule has 0 aliphatic heterocycles. The van der Waals surface area contributed by atoms with Gasteiger partial charge in [-0.2, -0.15) is 23.4 Å². The van der Waals surface area contributed by atoms with Crippen LogP contribution in [0.3, 0.4) is 0 Å². The molecule has 0 aliphatic rings. The van der Waals surface area contributed by atoms with E-state index in [1.54, 1.807) is 0 Å². The van der Waals surface area contributed by atoms with Crippen molar-refractivity contribution in [2.45, 2.75) is 6.18 Å². The lowest BCUT2D eigenvalue weighted by Gasteiger charge is -2.12. The first-order valence-electron chi connectivity index (χ1n) is 6.50. The predicted octanol–water partition coefficient (Wildman–Crippen LogP) is 1.52. The number of carboxylic acids is 1. The predicted molar refractivity (Wildman–Crippen MR) is 73.6 cm³/mol. The molecule has 0 spiro atoms. The van der Waals surface area contributed by atoms with Crippen LogP contribution in [0.1, 0.15) is 16.1 Å². The van der Waals surface area contributed by atoms with E-state index in [2.05, 4.69) is 15.2 Å². The van der Waals surface area contributed by atoms with Gasteiger partial charge in [-0.3, -0.25) is 4.79 Å². The molecule has 11 heteroatoms. The number of hydrogen-bond donors (Lipinski definition) is 2. The van der Waals surface area contributed by atoms with Crippen molar-refractivity contribution in [2.75, 3.05) is 0 Å². The largest absolute Gasteiger partial charge is 0.478 e. The van der Waals surface area contributed by atoms with Crippen LogP contribution in [0.5, 0.6) is 0 Å². The van der Waals surface area contributed by atoms with E-state index in [9.17, 15) is 22.8 Å². The average Bonchev–Trinajstić information content (AvgIpc) is 3.17. The topological polar surface area (TPSA) is 105 Å². The summed E-state index contributed by atoms with van der Waals surface area (Å²) in [5.41, 5.74) is -2.12. The summed E-state index contributed by atoms with van der Waals surface area (Å²) in [6.45, 7) is 0. The van der Waals surface area contributed by atoms with E-state index in [1.165, 1.54) is 18.3 Å². The fourth-order valence-electron chi connectivity index (χ4n) is 2.66. The Balaban J connectivity index is 2.09. The molecule has 0 bridgehead atoms. The molecule has 2 N–H and O–H groups in total. The van der Waals surface area contributed by atoms with E-state index in [4.69, 9.17) is 5.11 Å². The summed E-state index contributed by atoms with van der Waals surface area (Å²) in [6.07, 6.45) is -3.10. The van der Waals surface area contributed by atoms with Gasteiger partial charge in [0.25, 0.3) is 5.56 Å². The third-order valence-electron chi connectivity index (χ3n) is 3.62. The van der Waals surface area contributed by atoms with Crippen molar-refractivity contribution in [1.29, 1.82) is 0 Å². The second kappa shape index (κ2) is 4.34. The van der Waals surface area contributed by atoms with E-state index in [-0.39, 0.29) is 11.2 Å². The van der Waals surface area contributed by atoms with Gasteiger partial charge in [-0.1, -0.05) is 0 Å². The van der Waals surface area contributed by atoms with Crippen LogP contribution >= 0.6 is 0 Å². The van der Waals surface area contributed by atoms with Gasteiger partial charge >= 0.3 is 12.1 Å². The molecule has 0 fully saturated rings. The molecule has 24 heavy (non-hydrogen) atoms. The Labute approximate surface area is 129 Å². The van der Waals surface area contributed by atoms with E-state index in [1.807, 2.05) is 0 Å². The highest BCUT2D eigenvalue weighted by Crippen LogP contribution is 2.34. The molecule has 0 saturated heterocycles. The summed E-state index contributed by atoms with van der Waals surface area (Å²) in [5, 5.41) is 16.6. The Bertz CT molecular complexity index is 1150. The summed E-state index contributed by atoms with van der Waals surface area (Å²) >= 11 is 0. The van der Waals surface area contributed by atoms with Crippen molar-refractivity contribution < 1.29 is 23.1 Å². The summed E-state index contributed by atoms with van der Waals surface area (Å²) in [5.74, 6) is -1.89. The highest BCUT2D eigenvalue weighted by molar-refractivity contribution is 5.94. The van der Waals surface area contributed by atoms with Gasteiger partial charge in [0.2, 0.25) is 0 Å². The van der Waals surface area contributed by atoms with Crippen molar-refractivity contribution in [3.8, 4) is 5.82 Å². The number of rotatable bonds is 2. The molecule has 8 nitrogen and oxygen atoms in total. The number of nitrogens with one attached hydrogen (secondary N) is 1. The van der Waals surface area contributed by atoms with Gasteiger partial charge < -0.3 is 10.1 Å². The Morgan fingerprint density at radius 3 is 2.62 bits per heavy atom. The standard InChI is InChI=1S/C13H6F3N5O3/c14-13(15,16)10-6(12(23)24)4-18-21(10)8-2-1-7-9-5(11(22)19-7)3-17-20(8)9/h1-4H,(H,19,22)(H,23,24). The molecule has 0 aromatic carbocycles. The minimum absolute atomic E-state index is 0.142. The number of nitrogens with zero attached hydrogens (tertiary/aromatic N) is 4. The Morgan fingerprint density at radius 2 is 1.96 bits per heavy atom. The van der Waals surface area contributed by atoms with Gasteiger partial charge in [0, 0.05) is 0 Å². The fourth-order valence-corrected chi connectivity index (χ4v) is 2.66. The van der Waals surface area contributed by atoms with Gasteiger partial charge in [0.1, 0.15) is 11.1 Å². The lowest BCUT2D eigenvalue weighted by molar-refractivity contribution is -0.143. The summed E-state index contributed by atoms with van der Waals surface area (Å²) in [6, 6.07) is 2.67. The van der Waals surface area contributed by atoms with Gasteiger partial charge in [-0.05, 0) is 12.1 Å². The van der Waals surface area contributed by atoms with E-state index in [0.29, 0.717) is 21.9 Å². The Kier molecular flexibility index (Phi) is 2.57. The molecule has 4 rings (SSSR count). The maximum atomic E-state index is 13.3. The van der Waals surface area contributed by atoms with E-state index < -0.39 is 29.0 Å². The third-order valence-corrected chi connectivity index (χ3v) is 3.62. The van der Waals surface area contributed by atoms with Crippen LogP contribution in [0.15, 0.2) is 29.3 Å². The van der Waals surface area contributed by atoms with Crippen LogP contribution in [-0.2, 0) is 6.18 Å². The van der Waals surface area contributed by atoms with Crippen molar-refractivity contribution >= 4 is 22.4 Å². The number of pyridine rings is 1. The second-order valence-electron chi connectivity index (χ2n) is 5.00. The van der Waals surface area contributed by atoms with Crippen molar-refractivity contribution in [1.82, 2.24) is 24.4 Å². The van der Waals surface area contributed by atoms with Gasteiger partial charge in [0.05, 0.1) is 23.3 Å². The lowest BCUT2D eigenvalue weighted by Crippen LogP contribution is -2.19. The molecule has 0 saturated carbocycles. The zero-order valence-corrected chi connectivity index (χ0v) is 11.5. The number of carboxylic acid groups (broad SMARTS) is 1. The Morgan fingerprint density at radius 1 is 1.21 bits per heavy atom. The minimum Gasteiger partial charge on any atom is -0.478 e. The molecule has 4 aromatic rings. The molecule has 4 heterocycles. The highest BCUT2D eigenvalue weighted by Gasteiger charge is 2.41. The molecular weight excluding hydrogens is 331 g/mol. The number of aromatic nitrogens is 5. The van der Waals surface area contributed by atoms with Gasteiger partial charge in [-0.15, -0.1) is 0 Å². The first kappa shape index (κ1) is 14.2. The molecule has 122 valence electrons. The van der Waals surface area contributed by atoms with Crippen LogP contribution in [0.2, 0.25) is 0 Å². The number of halogens is 3. The summed E-state index contributed by atoms with van der Waals surface area (Å²) < 4.78 is 41.5. The number of aromatic amines is 1. The van der Waals surface area contributed by atoms with Crippen LogP contribution < -0.4 is 5.56 Å². The Hall–Kier alpha value is -3.37. The quantitative estimate of drug-likeness (QED) is 0.577. The van der Waals surface area contributed by atoms with Crippen LogP contribution in [0, 0.1) is 0 Å². The molecule has 0 unspecified atom stereocenters. The smallest absolute Gasteiger partial charge is 0.434 e. The number of hydrogen-bond acceptors (Lipinski definition) is 4.